The smallest absolute Gasteiger partial charge is 0.255 e. The highest BCUT2D eigenvalue weighted by molar-refractivity contribution is 6.24. The molecule has 6 atom stereocenters. The molecule has 0 aromatic heterocycles. The molecule has 1 aliphatic heterocycles. The van der Waals surface area contributed by atoms with Gasteiger partial charge in [0.15, 0.2) is 22.9 Å². The third kappa shape index (κ3) is 3.02. The van der Waals surface area contributed by atoms with Gasteiger partial charge >= 0.3 is 0 Å². The lowest BCUT2D eigenvalue weighted by Gasteiger charge is -2.52. The number of benzene rings is 2. The molecule has 6 rings (SSSR count). The standard InChI is InChI=1S/C28H25NO10/c1-9-16-12(11-3-6-14-15(7-11)39-8-38-14)4-5-13(30)18(16)23(32)19-17(9)24(33)21-10(2)22(31)20(27(29)36)26(35)28(21,37)25(19)34/h3-7,9-10,17,21,24,30-31,33-34,37H,8H2,1-2H3,(H2,29,36)/t9-,10-,17+,21+,24-,28-/m0/s1. The predicted molar refractivity (Wildman–Crippen MR) is 133 cm³/mol. The molecule has 0 fully saturated rings. The van der Waals surface area contributed by atoms with Crippen molar-refractivity contribution in [1.82, 2.24) is 0 Å². The number of aliphatic hydroxyl groups excluding tert-OH is 3. The van der Waals surface area contributed by atoms with E-state index in [9.17, 15) is 39.9 Å². The van der Waals surface area contributed by atoms with Crippen molar-refractivity contribution >= 4 is 17.5 Å². The zero-order valence-electron chi connectivity index (χ0n) is 20.8. The number of hydrogen-bond acceptors (Lipinski definition) is 10. The molecular formula is C28H25NO10. The maximum absolute atomic E-state index is 13.9. The molecule has 0 saturated heterocycles. The number of carbonyl (C=O) groups excluding carboxylic acids is 3. The highest BCUT2D eigenvalue weighted by Crippen LogP contribution is 2.57. The number of rotatable bonds is 2. The van der Waals surface area contributed by atoms with Gasteiger partial charge in [-0.15, -0.1) is 0 Å². The van der Waals surface area contributed by atoms with Crippen molar-refractivity contribution in [3.05, 3.63) is 64.1 Å². The number of ketones is 2. The Balaban J connectivity index is 1.59. The Kier molecular flexibility index (Phi) is 5.17. The number of primary amides is 1. The molecule has 2 aromatic rings. The summed E-state index contributed by atoms with van der Waals surface area (Å²) < 4.78 is 10.9. The summed E-state index contributed by atoms with van der Waals surface area (Å²) in [6.45, 7) is 3.12. The van der Waals surface area contributed by atoms with E-state index in [-0.39, 0.29) is 12.4 Å². The van der Waals surface area contributed by atoms with E-state index in [0.717, 1.165) is 0 Å². The van der Waals surface area contributed by atoms with Gasteiger partial charge in [0.2, 0.25) is 12.6 Å². The highest BCUT2D eigenvalue weighted by atomic mass is 16.7. The van der Waals surface area contributed by atoms with E-state index in [0.29, 0.717) is 28.2 Å². The summed E-state index contributed by atoms with van der Waals surface area (Å²) in [5.41, 5.74) is 2.43. The van der Waals surface area contributed by atoms with Gasteiger partial charge in [-0.1, -0.05) is 26.0 Å². The van der Waals surface area contributed by atoms with E-state index in [4.69, 9.17) is 15.2 Å². The number of amides is 1. The van der Waals surface area contributed by atoms with Crippen LogP contribution >= 0.6 is 0 Å². The number of aliphatic hydroxyl groups is 4. The van der Waals surface area contributed by atoms with Gasteiger partial charge in [-0.2, -0.15) is 0 Å². The Morgan fingerprint density at radius 1 is 1.03 bits per heavy atom. The van der Waals surface area contributed by atoms with E-state index in [1.807, 2.05) is 0 Å². The van der Waals surface area contributed by atoms with Crippen LogP contribution in [0, 0.1) is 17.8 Å². The van der Waals surface area contributed by atoms with Crippen LogP contribution in [0.5, 0.6) is 17.2 Å². The zero-order chi connectivity index (χ0) is 28.1. The third-order valence-electron chi connectivity index (χ3n) is 8.59. The topological polar surface area (TPSA) is 197 Å². The lowest BCUT2D eigenvalue weighted by molar-refractivity contribution is -0.160. The number of phenolic OH excluding ortho intramolecular Hbond substituents is 1. The first kappa shape index (κ1) is 25.0. The van der Waals surface area contributed by atoms with Crippen molar-refractivity contribution in [2.75, 3.05) is 6.79 Å². The molecule has 7 N–H and O–H groups in total. The van der Waals surface area contributed by atoms with Crippen molar-refractivity contribution in [2.45, 2.75) is 31.5 Å². The Hall–Kier alpha value is -4.35. The number of Topliss-reactive ketones (excluding diaryl/α,β-unsaturated/α-hetero) is 2. The van der Waals surface area contributed by atoms with Crippen LogP contribution in [0.1, 0.15) is 35.7 Å². The fraction of sp³-hybridized carbons (Fsp3) is 0.321. The van der Waals surface area contributed by atoms with Crippen molar-refractivity contribution in [2.24, 2.45) is 23.5 Å². The average molecular weight is 536 g/mol. The molecular weight excluding hydrogens is 510 g/mol. The molecule has 11 heteroatoms. The highest BCUT2D eigenvalue weighted by Gasteiger charge is 2.66. The first-order chi connectivity index (χ1) is 18.4. The second kappa shape index (κ2) is 8.08. The SMILES string of the molecule is C[C@@H]1C(O)=C(C(N)=O)C(=O)[C@@]2(O)C(O)=C3C(=O)c4c(O)ccc(-c5ccc6c(c5)OCO6)c4[C@H](C)[C@H]3[C@H](O)[C@@H]12. The second-order valence-electron chi connectivity index (χ2n) is 10.4. The zero-order valence-corrected chi connectivity index (χ0v) is 20.8. The number of carbonyl (C=O) groups is 3. The summed E-state index contributed by atoms with van der Waals surface area (Å²) in [7, 11) is 0. The average Bonchev–Trinajstić information content (AvgIpc) is 3.36. The molecule has 3 aliphatic carbocycles. The summed E-state index contributed by atoms with van der Waals surface area (Å²) in [6.07, 6.45) is -1.63. The summed E-state index contributed by atoms with van der Waals surface area (Å²) in [5.74, 6) is -9.31. The summed E-state index contributed by atoms with van der Waals surface area (Å²) in [6, 6.07) is 8.13. The Morgan fingerprint density at radius 3 is 2.41 bits per heavy atom. The molecule has 1 heterocycles. The Labute approximate surface area is 221 Å². The summed E-state index contributed by atoms with van der Waals surface area (Å²) in [5, 5.41) is 56.0. The van der Waals surface area contributed by atoms with Crippen LogP contribution in [0.2, 0.25) is 0 Å². The molecule has 4 aliphatic rings. The lowest BCUT2D eigenvalue weighted by Crippen LogP contribution is -2.64. The largest absolute Gasteiger partial charge is 0.511 e. The number of hydrogen-bond donors (Lipinski definition) is 6. The molecule has 11 nitrogen and oxygen atoms in total. The minimum absolute atomic E-state index is 0.0586. The molecule has 39 heavy (non-hydrogen) atoms. The summed E-state index contributed by atoms with van der Waals surface area (Å²) in [4.78, 5) is 39.2. The van der Waals surface area contributed by atoms with E-state index >= 15 is 0 Å². The van der Waals surface area contributed by atoms with Crippen LogP contribution in [-0.2, 0) is 9.59 Å². The lowest BCUT2D eigenvalue weighted by atomic mass is 9.54. The van der Waals surface area contributed by atoms with E-state index in [2.05, 4.69) is 0 Å². The second-order valence-corrected chi connectivity index (χ2v) is 10.4. The van der Waals surface area contributed by atoms with Gasteiger partial charge in [0.05, 0.1) is 11.7 Å². The van der Waals surface area contributed by atoms with Gasteiger partial charge in [0, 0.05) is 23.3 Å². The maximum Gasteiger partial charge on any atom is 0.255 e. The van der Waals surface area contributed by atoms with Crippen LogP contribution in [0.4, 0.5) is 0 Å². The van der Waals surface area contributed by atoms with Gasteiger partial charge < -0.3 is 40.7 Å². The minimum Gasteiger partial charge on any atom is -0.511 e. The number of nitrogens with two attached hydrogens (primary N) is 1. The number of phenols is 1. The van der Waals surface area contributed by atoms with Gasteiger partial charge in [-0.3, -0.25) is 14.4 Å². The number of allylic oxidation sites excluding steroid dienone is 1. The van der Waals surface area contributed by atoms with Crippen LogP contribution in [0.25, 0.3) is 11.1 Å². The van der Waals surface area contributed by atoms with Crippen molar-refractivity contribution < 1.29 is 49.4 Å². The van der Waals surface area contributed by atoms with Crippen LogP contribution in [-0.4, -0.2) is 61.5 Å². The van der Waals surface area contributed by atoms with E-state index in [1.165, 1.54) is 13.0 Å². The van der Waals surface area contributed by atoms with Gasteiger partial charge in [-0.25, -0.2) is 0 Å². The molecule has 2 aromatic carbocycles. The number of ether oxygens (including phenoxy) is 2. The van der Waals surface area contributed by atoms with Crippen LogP contribution in [0.15, 0.2) is 53.0 Å². The van der Waals surface area contributed by atoms with Gasteiger partial charge in [0.1, 0.15) is 22.8 Å². The fourth-order valence-corrected chi connectivity index (χ4v) is 6.78. The van der Waals surface area contributed by atoms with Crippen LogP contribution < -0.4 is 15.2 Å². The monoisotopic (exact) mass is 535 g/mol. The molecule has 0 unspecified atom stereocenters. The Morgan fingerprint density at radius 2 is 1.72 bits per heavy atom. The first-order valence-corrected chi connectivity index (χ1v) is 12.3. The molecule has 0 radical (unpaired) electrons. The quantitative estimate of drug-likeness (QED) is 0.308. The van der Waals surface area contributed by atoms with E-state index < -0.39 is 81.3 Å². The van der Waals surface area contributed by atoms with Crippen molar-refractivity contribution in [1.29, 1.82) is 0 Å². The van der Waals surface area contributed by atoms with E-state index in [1.54, 1.807) is 31.2 Å². The number of fused-ring (bicyclic) bond motifs is 4. The van der Waals surface area contributed by atoms with Crippen molar-refractivity contribution in [3.63, 3.8) is 0 Å². The predicted octanol–water partition coefficient (Wildman–Crippen LogP) is 1.75. The Bertz CT molecular complexity index is 1570. The molecule has 0 spiro atoms. The number of aromatic hydroxyl groups is 1. The molecule has 0 saturated carbocycles. The third-order valence-corrected chi connectivity index (χ3v) is 8.59. The summed E-state index contributed by atoms with van der Waals surface area (Å²) >= 11 is 0. The maximum atomic E-state index is 13.9. The molecule has 1 amide bonds. The normalized spacial score (nSPS) is 31.1. The fourth-order valence-electron chi connectivity index (χ4n) is 6.78. The van der Waals surface area contributed by atoms with Crippen LogP contribution in [0.3, 0.4) is 0 Å². The first-order valence-electron chi connectivity index (χ1n) is 12.3. The van der Waals surface area contributed by atoms with Gasteiger partial charge in [-0.05, 0) is 40.8 Å². The van der Waals surface area contributed by atoms with Gasteiger partial charge in [0.25, 0.3) is 5.91 Å². The van der Waals surface area contributed by atoms with Crippen molar-refractivity contribution in [3.8, 4) is 28.4 Å². The molecule has 0 bridgehead atoms. The molecule has 202 valence electrons. The minimum atomic E-state index is -2.90.